The largest absolute Gasteiger partial charge is 0.488 e. The van der Waals surface area contributed by atoms with Crippen LogP contribution in [0.4, 0.5) is 0 Å². The van der Waals surface area contributed by atoms with E-state index in [4.69, 9.17) is 14.8 Å². The first-order chi connectivity index (χ1) is 7.57. The second-order valence-corrected chi connectivity index (χ2v) is 3.48. The van der Waals surface area contributed by atoms with E-state index in [0.717, 1.165) is 0 Å². The van der Waals surface area contributed by atoms with Gasteiger partial charge in [0, 0.05) is 0 Å². The third-order valence-electron chi connectivity index (χ3n) is 2.38. The average Bonchev–Trinajstić information content (AvgIpc) is 2.28. The van der Waals surface area contributed by atoms with Gasteiger partial charge in [-0.1, -0.05) is 24.3 Å². The van der Waals surface area contributed by atoms with Crippen LogP contribution in [0.15, 0.2) is 24.3 Å². The summed E-state index contributed by atoms with van der Waals surface area (Å²) < 4.78 is 4.89. The summed E-state index contributed by atoms with van der Waals surface area (Å²) in [6, 6.07) is 6.71. The Morgan fingerprint density at radius 2 is 2.06 bits per heavy atom. The molecule has 86 valence electrons. The summed E-state index contributed by atoms with van der Waals surface area (Å²) in [4.78, 5) is 11.5. The van der Waals surface area contributed by atoms with Gasteiger partial charge < -0.3 is 14.8 Å². The maximum Gasteiger partial charge on any atom is 0.488 e. The first kappa shape index (κ1) is 12.7. The molecular formula is C11H15BO4. The molecule has 0 amide bonds. The number of carbonyl (C=O) groups is 1. The third-order valence-corrected chi connectivity index (χ3v) is 2.38. The van der Waals surface area contributed by atoms with Crippen molar-refractivity contribution in [2.24, 2.45) is 0 Å². The van der Waals surface area contributed by atoms with Crippen molar-refractivity contribution in [1.82, 2.24) is 0 Å². The van der Waals surface area contributed by atoms with E-state index in [-0.39, 0.29) is 5.97 Å². The lowest BCUT2D eigenvalue weighted by molar-refractivity contribution is -0.144. The van der Waals surface area contributed by atoms with Crippen molar-refractivity contribution >= 4 is 18.6 Å². The highest BCUT2D eigenvalue weighted by molar-refractivity contribution is 6.59. The van der Waals surface area contributed by atoms with Crippen LogP contribution in [0.1, 0.15) is 25.3 Å². The Labute approximate surface area is 95.0 Å². The average molecular weight is 222 g/mol. The Hall–Kier alpha value is -1.33. The molecule has 16 heavy (non-hydrogen) atoms. The molecule has 0 aliphatic rings. The van der Waals surface area contributed by atoms with Crippen molar-refractivity contribution < 1.29 is 19.6 Å². The number of hydrogen-bond acceptors (Lipinski definition) is 4. The van der Waals surface area contributed by atoms with Crippen molar-refractivity contribution in [1.29, 1.82) is 0 Å². The third kappa shape index (κ3) is 2.84. The molecule has 1 aromatic rings. The van der Waals surface area contributed by atoms with Crippen molar-refractivity contribution in [2.75, 3.05) is 6.61 Å². The summed E-state index contributed by atoms with van der Waals surface area (Å²) in [5.74, 6) is -0.867. The fourth-order valence-corrected chi connectivity index (χ4v) is 1.53. The lowest BCUT2D eigenvalue weighted by Gasteiger charge is -2.14. The molecule has 4 nitrogen and oxygen atoms in total. The van der Waals surface area contributed by atoms with Gasteiger partial charge in [-0.15, -0.1) is 0 Å². The van der Waals surface area contributed by atoms with Gasteiger partial charge in [0.15, 0.2) is 0 Å². The smallest absolute Gasteiger partial charge is 0.466 e. The lowest BCUT2D eigenvalue weighted by atomic mass is 9.74. The molecule has 0 aromatic heterocycles. The normalized spacial score (nSPS) is 12.0. The van der Waals surface area contributed by atoms with Gasteiger partial charge in [0.05, 0.1) is 12.5 Å². The molecule has 1 rings (SSSR count). The fraction of sp³-hybridized carbons (Fsp3) is 0.364. The fourth-order valence-electron chi connectivity index (χ4n) is 1.53. The second kappa shape index (κ2) is 5.68. The minimum Gasteiger partial charge on any atom is -0.466 e. The van der Waals surface area contributed by atoms with Crippen LogP contribution in [0.25, 0.3) is 0 Å². The van der Waals surface area contributed by atoms with Crippen LogP contribution in [-0.4, -0.2) is 29.7 Å². The van der Waals surface area contributed by atoms with Crippen LogP contribution in [-0.2, 0) is 9.53 Å². The van der Waals surface area contributed by atoms with Gasteiger partial charge in [-0.2, -0.15) is 0 Å². The molecule has 0 aliphatic carbocycles. The summed E-state index contributed by atoms with van der Waals surface area (Å²) in [6.07, 6.45) is 0. The van der Waals surface area contributed by atoms with E-state index >= 15 is 0 Å². The number of hydrogen-bond donors (Lipinski definition) is 2. The van der Waals surface area contributed by atoms with Crippen molar-refractivity contribution in [2.45, 2.75) is 19.8 Å². The zero-order valence-electron chi connectivity index (χ0n) is 9.38. The van der Waals surface area contributed by atoms with Crippen LogP contribution in [0, 0.1) is 0 Å². The van der Waals surface area contributed by atoms with Gasteiger partial charge in [0.25, 0.3) is 0 Å². The van der Waals surface area contributed by atoms with Gasteiger partial charge in [-0.25, -0.2) is 0 Å². The maximum absolute atomic E-state index is 11.5. The Morgan fingerprint density at radius 1 is 1.44 bits per heavy atom. The van der Waals surface area contributed by atoms with Crippen LogP contribution in [0.5, 0.6) is 0 Å². The molecule has 0 saturated carbocycles. The van der Waals surface area contributed by atoms with E-state index in [1.54, 1.807) is 38.1 Å². The van der Waals surface area contributed by atoms with E-state index in [1.165, 1.54) is 0 Å². The highest BCUT2D eigenvalue weighted by atomic mass is 16.5. The van der Waals surface area contributed by atoms with Gasteiger partial charge in [0.1, 0.15) is 0 Å². The molecule has 0 aliphatic heterocycles. The zero-order valence-corrected chi connectivity index (χ0v) is 9.38. The Kier molecular flexibility index (Phi) is 4.52. The minimum absolute atomic E-state index is 0.313. The predicted molar refractivity (Wildman–Crippen MR) is 61.3 cm³/mol. The maximum atomic E-state index is 11.5. The highest BCUT2D eigenvalue weighted by Crippen LogP contribution is 2.14. The molecule has 0 unspecified atom stereocenters. The number of carbonyl (C=O) groups excluding carboxylic acids is 1. The monoisotopic (exact) mass is 222 g/mol. The summed E-state index contributed by atoms with van der Waals surface area (Å²) in [7, 11) is -1.58. The number of benzene rings is 1. The van der Waals surface area contributed by atoms with Crippen molar-refractivity contribution in [3.05, 3.63) is 29.8 Å². The summed E-state index contributed by atoms with van der Waals surface area (Å²) >= 11 is 0. The van der Waals surface area contributed by atoms with Crippen molar-refractivity contribution in [3.8, 4) is 0 Å². The standard InChI is InChI=1S/C11H15BO4/c1-3-16-11(13)8(2)9-6-4-5-7-10(9)12(14)15/h4-8,14-15H,3H2,1-2H3/t8-/m0/s1. The zero-order chi connectivity index (χ0) is 12.1. The van der Waals surface area contributed by atoms with E-state index in [0.29, 0.717) is 17.6 Å². The SMILES string of the molecule is CCOC(=O)[C@@H](C)c1ccccc1B(O)O. The molecule has 0 fully saturated rings. The van der Waals surface area contributed by atoms with E-state index in [1.807, 2.05) is 0 Å². The Morgan fingerprint density at radius 3 is 2.62 bits per heavy atom. The summed E-state index contributed by atoms with van der Waals surface area (Å²) in [5, 5.41) is 18.3. The first-order valence-electron chi connectivity index (χ1n) is 5.19. The molecule has 2 N–H and O–H groups in total. The summed E-state index contributed by atoms with van der Waals surface area (Å²) in [5.41, 5.74) is 0.916. The Bertz CT molecular complexity index is 365. The molecular weight excluding hydrogens is 207 g/mol. The molecule has 0 radical (unpaired) electrons. The van der Waals surface area contributed by atoms with Gasteiger partial charge >= 0.3 is 13.1 Å². The van der Waals surface area contributed by atoms with Crippen molar-refractivity contribution in [3.63, 3.8) is 0 Å². The van der Waals surface area contributed by atoms with Crippen LogP contribution >= 0.6 is 0 Å². The van der Waals surface area contributed by atoms with Gasteiger partial charge in [-0.05, 0) is 24.9 Å². The predicted octanol–water partition coefficient (Wildman–Crippen LogP) is 0.0330. The minimum atomic E-state index is -1.58. The quantitative estimate of drug-likeness (QED) is 0.557. The first-order valence-corrected chi connectivity index (χ1v) is 5.19. The number of rotatable bonds is 4. The second-order valence-electron chi connectivity index (χ2n) is 3.48. The molecule has 1 aromatic carbocycles. The lowest BCUT2D eigenvalue weighted by Crippen LogP contribution is -2.35. The van der Waals surface area contributed by atoms with E-state index < -0.39 is 13.0 Å². The van der Waals surface area contributed by atoms with Crippen LogP contribution in [0.2, 0.25) is 0 Å². The van der Waals surface area contributed by atoms with Gasteiger partial charge in [0.2, 0.25) is 0 Å². The molecule has 0 spiro atoms. The Balaban J connectivity index is 2.98. The van der Waals surface area contributed by atoms with E-state index in [9.17, 15) is 4.79 Å². The molecule has 0 bridgehead atoms. The van der Waals surface area contributed by atoms with Crippen LogP contribution < -0.4 is 5.46 Å². The number of ether oxygens (including phenoxy) is 1. The molecule has 0 heterocycles. The number of esters is 1. The molecule has 5 heteroatoms. The molecule has 1 atom stereocenters. The topological polar surface area (TPSA) is 66.8 Å². The van der Waals surface area contributed by atoms with E-state index in [2.05, 4.69) is 0 Å². The van der Waals surface area contributed by atoms with Gasteiger partial charge in [-0.3, -0.25) is 4.79 Å². The van der Waals surface area contributed by atoms with Crippen LogP contribution in [0.3, 0.4) is 0 Å². The summed E-state index contributed by atoms with van der Waals surface area (Å²) in [6.45, 7) is 3.73. The highest BCUT2D eigenvalue weighted by Gasteiger charge is 2.23. The molecule has 0 saturated heterocycles.